The van der Waals surface area contributed by atoms with Crippen LogP contribution in [0.5, 0.6) is 0 Å². The molecule has 0 amide bonds. The van der Waals surface area contributed by atoms with Crippen molar-refractivity contribution in [1.82, 2.24) is 19.9 Å². The van der Waals surface area contributed by atoms with Gasteiger partial charge in [-0.1, -0.05) is 17.7 Å². The van der Waals surface area contributed by atoms with E-state index in [0.29, 0.717) is 52.0 Å². The van der Waals surface area contributed by atoms with Crippen molar-refractivity contribution < 1.29 is 13.2 Å². The first-order valence-corrected chi connectivity index (χ1v) is 15.4. The van der Waals surface area contributed by atoms with E-state index in [4.69, 9.17) is 11.6 Å². The van der Waals surface area contributed by atoms with Gasteiger partial charge in [-0.3, -0.25) is 9.55 Å². The maximum Gasteiger partial charge on any atom is 0.416 e. The number of benzene rings is 1. The molecule has 4 atom stereocenters. The van der Waals surface area contributed by atoms with E-state index in [1.807, 2.05) is 42.3 Å². The van der Waals surface area contributed by atoms with Crippen LogP contribution in [0.1, 0.15) is 30.9 Å². The van der Waals surface area contributed by atoms with Crippen molar-refractivity contribution in [2.45, 2.75) is 53.7 Å². The number of thiol groups is 1. The zero-order valence-electron chi connectivity index (χ0n) is 21.2. The highest BCUT2D eigenvalue weighted by atomic mass is 35.5. The molecule has 0 spiro atoms. The Morgan fingerprint density at radius 2 is 1.92 bits per heavy atom. The predicted molar refractivity (Wildman–Crippen MR) is 152 cm³/mol. The molecule has 0 saturated carbocycles. The highest BCUT2D eigenvalue weighted by molar-refractivity contribution is 8.18. The molecule has 1 fully saturated rings. The number of nitrogens with zero attached hydrogens (tertiary/aromatic N) is 4. The number of nitrogens with one attached hydrogen (secondary N) is 1. The molecular formula is C27H27ClF3N5OS2. The van der Waals surface area contributed by atoms with Crippen molar-refractivity contribution >= 4 is 50.6 Å². The average molecular weight is 594 g/mol. The van der Waals surface area contributed by atoms with Crippen LogP contribution in [0.15, 0.2) is 62.0 Å². The minimum Gasteiger partial charge on any atom is -0.353 e. The van der Waals surface area contributed by atoms with Gasteiger partial charge in [0.2, 0.25) is 0 Å². The van der Waals surface area contributed by atoms with Gasteiger partial charge < -0.3 is 10.2 Å². The van der Waals surface area contributed by atoms with Gasteiger partial charge in [-0.2, -0.15) is 29.1 Å². The maximum atomic E-state index is 14.4. The normalized spacial score (nSPS) is 24.6. The monoisotopic (exact) mass is 593 g/mol. The number of rotatable bonds is 3. The zero-order valence-corrected chi connectivity index (χ0v) is 23.7. The summed E-state index contributed by atoms with van der Waals surface area (Å²) in [6.45, 7) is 5.42. The van der Waals surface area contributed by atoms with E-state index < -0.39 is 28.3 Å². The molecule has 2 aliphatic rings. The first kappa shape index (κ1) is 26.6. The molecule has 6 nitrogen and oxygen atoms in total. The summed E-state index contributed by atoms with van der Waals surface area (Å²) < 4.78 is 45.6. The number of anilines is 1. The van der Waals surface area contributed by atoms with E-state index >= 15 is 0 Å². The third-order valence-electron chi connectivity index (χ3n) is 7.29. The summed E-state index contributed by atoms with van der Waals surface area (Å²) >= 11 is 7.76. The Bertz CT molecular complexity index is 1580. The maximum absolute atomic E-state index is 14.4. The second-order valence-corrected chi connectivity index (χ2v) is 14.1. The van der Waals surface area contributed by atoms with Crippen LogP contribution in [0.2, 0.25) is 5.02 Å². The van der Waals surface area contributed by atoms with Crippen molar-refractivity contribution in [2.24, 2.45) is 0 Å². The van der Waals surface area contributed by atoms with Gasteiger partial charge in [-0.15, -0.1) is 11.3 Å². The molecule has 12 heteroatoms. The molecule has 1 aromatic carbocycles. The number of aromatic nitrogens is 3. The van der Waals surface area contributed by atoms with E-state index in [-0.39, 0.29) is 18.0 Å². The van der Waals surface area contributed by atoms with Crippen LogP contribution in [0, 0.1) is 0 Å². The van der Waals surface area contributed by atoms with Crippen molar-refractivity contribution in [3.8, 4) is 0 Å². The van der Waals surface area contributed by atoms with Crippen LogP contribution in [-0.4, -0.2) is 45.5 Å². The molecule has 0 radical (unpaired) electrons. The summed E-state index contributed by atoms with van der Waals surface area (Å²) in [5.74, 6) is 0.741. The zero-order chi connectivity index (χ0) is 27.5. The predicted octanol–water partition coefficient (Wildman–Crippen LogP) is 5.93. The van der Waals surface area contributed by atoms with Crippen molar-refractivity contribution in [2.75, 3.05) is 23.7 Å². The molecule has 39 heavy (non-hydrogen) atoms. The lowest BCUT2D eigenvalue weighted by Gasteiger charge is -2.37. The quantitative estimate of drug-likeness (QED) is 0.288. The topological polar surface area (TPSA) is 63.1 Å². The Morgan fingerprint density at radius 3 is 2.56 bits per heavy atom. The number of pyridine rings is 1. The van der Waals surface area contributed by atoms with Crippen LogP contribution < -0.4 is 15.9 Å². The molecule has 0 bridgehead atoms. The molecule has 1 saturated heterocycles. The van der Waals surface area contributed by atoms with Gasteiger partial charge in [0.25, 0.3) is 0 Å². The van der Waals surface area contributed by atoms with Crippen molar-refractivity contribution in [3.63, 3.8) is 0 Å². The smallest absolute Gasteiger partial charge is 0.353 e. The van der Waals surface area contributed by atoms with Crippen LogP contribution >= 0.6 is 33.8 Å². The van der Waals surface area contributed by atoms with Gasteiger partial charge in [0, 0.05) is 69.9 Å². The molecule has 3 aromatic heterocycles. The Labute approximate surface area is 235 Å². The largest absolute Gasteiger partial charge is 0.416 e. The van der Waals surface area contributed by atoms with Gasteiger partial charge in [-0.05, 0) is 49.4 Å². The summed E-state index contributed by atoms with van der Waals surface area (Å²) in [6, 6.07) is 8.25. The first-order chi connectivity index (χ1) is 18.6. The van der Waals surface area contributed by atoms with E-state index in [1.54, 1.807) is 17.0 Å². The number of alkyl halides is 3. The van der Waals surface area contributed by atoms with Crippen LogP contribution in [0.3, 0.4) is 0 Å². The molecule has 6 rings (SSSR count). The van der Waals surface area contributed by atoms with E-state index in [2.05, 4.69) is 15.3 Å². The third-order valence-corrected chi connectivity index (χ3v) is 11.7. The molecule has 1 N–H and O–H groups in total. The number of thiophene rings is 1. The number of halogens is 4. The molecule has 206 valence electrons. The highest BCUT2D eigenvalue weighted by Crippen LogP contribution is 2.55. The van der Waals surface area contributed by atoms with Gasteiger partial charge in [0.15, 0.2) is 0 Å². The standard InChI is InChI=1S/C27H27ClF3N5OS2/c1-15-10-35(11-16(2)33-15)25-21-6-19(27(29,30)31)7-22-24(21)36(26(37)34-25)12-18(17-4-3-5-32-9-17)14-39(22)23-8-20(28)13-38-23/h3-9,13,15-16,18,33,39H,10-12,14H2,1-2H3/t15-,16+,18-/m0/s1. The fraction of sp³-hybridized carbons (Fsp3) is 0.370. The fourth-order valence-electron chi connectivity index (χ4n) is 5.74. The Kier molecular flexibility index (Phi) is 6.89. The van der Waals surface area contributed by atoms with Crippen molar-refractivity contribution in [3.05, 3.63) is 74.7 Å². The molecule has 1 unspecified atom stereocenters. The van der Waals surface area contributed by atoms with Crippen LogP contribution in [0.25, 0.3) is 10.9 Å². The van der Waals surface area contributed by atoms with E-state index in [9.17, 15) is 18.0 Å². The molecule has 2 aliphatic heterocycles. The summed E-state index contributed by atoms with van der Waals surface area (Å²) in [6.07, 6.45) is -1.11. The van der Waals surface area contributed by atoms with Crippen LogP contribution in [-0.2, 0) is 12.7 Å². The number of piperazine rings is 1. The molecule has 4 aromatic rings. The number of hydrogen-bond acceptors (Lipinski definition) is 6. The van der Waals surface area contributed by atoms with Crippen LogP contribution in [0.4, 0.5) is 19.0 Å². The molecule has 5 heterocycles. The summed E-state index contributed by atoms with van der Waals surface area (Å²) in [7, 11) is -1.28. The lowest BCUT2D eigenvalue weighted by atomic mass is 10.0. The minimum atomic E-state index is -4.56. The summed E-state index contributed by atoms with van der Waals surface area (Å²) in [5.41, 5.74) is 0.293. The van der Waals surface area contributed by atoms with E-state index in [1.165, 1.54) is 23.5 Å². The first-order valence-electron chi connectivity index (χ1n) is 12.7. The highest BCUT2D eigenvalue weighted by Gasteiger charge is 2.36. The van der Waals surface area contributed by atoms with Gasteiger partial charge in [-0.25, -0.2) is 4.79 Å². The van der Waals surface area contributed by atoms with Crippen molar-refractivity contribution in [1.29, 1.82) is 0 Å². The SMILES string of the molecule is C[C@@H]1CN(c2nc(=O)n3c4c(cc(C(F)(F)F)cc24)[SH](c2cc(Cl)cs2)C[C@@H](c2cccnc2)C3)C[C@H](C)N1. The van der Waals surface area contributed by atoms with E-state index in [0.717, 1.165) is 9.77 Å². The second kappa shape index (κ2) is 10.1. The Balaban J connectivity index is 1.66. The second-order valence-electron chi connectivity index (χ2n) is 10.3. The van der Waals surface area contributed by atoms with Gasteiger partial charge in [0.1, 0.15) is 5.82 Å². The number of hydrogen-bond donors (Lipinski definition) is 2. The Hall–Kier alpha value is -2.60. The Morgan fingerprint density at radius 1 is 1.15 bits per heavy atom. The summed E-state index contributed by atoms with van der Waals surface area (Å²) in [5, 5.41) is 6.17. The molecule has 0 aliphatic carbocycles. The molecular weight excluding hydrogens is 567 g/mol. The summed E-state index contributed by atoms with van der Waals surface area (Å²) in [4.78, 5) is 24.9. The third kappa shape index (κ3) is 5.05. The minimum absolute atomic E-state index is 0.0920. The van der Waals surface area contributed by atoms with Gasteiger partial charge >= 0.3 is 11.9 Å². The lowest BCUT2D eigenvalue weighted by molar-refractivity contribution is -0.137. The fourth-order valence-corrected chi connectivity index (χ4v) is 10.3. The van der Waals surface area contributed by atoms with Gasteiger partial charge in [0.05, 0.1) is 16.1 Å². The lowest BCUT2D eigenvalue weighted by Crippen LogP contribution is -2.55. The average Bonchev–Trinajstić information content (AvgIpc) is 3.23.